The molecule has 1 fully saturated rings. The molecule has 0 aromatic heterocycles. The molecule has 17 heavy (non-hydrogen) atoms. The maximum absolute atomic E-state index is 1.53. The van der Waals surface area contributed by atoms with Gasteiger partial charge in [0.2, 0.25) is 0 Å². The van der Waals surface area contributed by atoms with Gasteiger partial charge < -0.3 is 0 Å². The fourth-order valence-corrected chi connectivity index (χ4v) is 4.00. The molecule has 1 aliphatic rings. The third kappa shape index (κ3) is 11.1. The van der Waals surface area contributed by atoms with Gasteiger partial charge >= 0.3 is 0 Å². The maximum Gasteiger partial charge on any atom is 0.0378 e. The lowest BCUT2D eigenvalue weighted by atomic mass is 10.0. The van der Waals surface area contributed by atoms with Gasteiger partial charge in [-0.2, -0.15) is 0 Å². The Bertz CT molecular complexity index is 75.0. The molecule has 0 N–H and O–H groups in total. The lowest BCUT2D eigenvalue weighted by molar-refractivity contribution is 0.539. The first kappa shape index (κ1) is 15.3. The molecule has 1 saturated heterocycles. The second kappa shape index (κ2) is 12.7. The standard InChI is InChI=1S/C16H32Si/c1-2-4-6-8-10-12-14-16-17-15-13-11-9-7-5-3-1/h1-16H2. The summed E-state index contributed by atoms with van der Waals surface area (Å²) in [6.45, 7) is 0. The van der Waals surface area contributed by atoms with Crippen LogP contribution in [-0.4, -0.2) is 9.52 Å². The highest BCUT2D eigenvalue weighted by Crippen LogP contribution is 2.15. The second-order valence-corrected chi connectivity index (χ2v) is 7.20. The molecule has 1 heteroatoms. The van der Waals surface area contributed by atoms with Gasteiger partial charge in [0.1, 0.15) is 0 Å². The van der Waals surface area contributed by atoms with Crippen LogP contribution in [0.3, 0.4) is 0 Å². The molecule has 0 spiro atoms. The molecule has 0 saturated carbocycles. The monoisotopic (exact) mass is 252 g/mol. The van der Waals surface area contributed by atoms with Crippen molar-refractivity contribution in [2.24, 2.45) is 0 Å². The third-order valence-electron chi connectivity index (χ3n) is 3.96. The average Bonchev–Trinajstić information content (AvgIpc) is 2.35. The summed E-state index contributed by atoms with van der Waals surface area (Å²) in [5.41, 5.74) is 0. The molecule has 0 bridgehead atoms. The fourth-order valence-electron chi connectivity index (χ4n) is 2.75. The topological polar surface area (TPSA) is 0 Å². The van der Waals surface area contributed by atoms with Crippen LogP contribution >= 0.6 is 0 Å². The Labute approximate surface area is 112 Å². The molecular weight excluding hydrogens is 220 g/mol. The quantitative estimate of drug-likeness (QED) is 0.464. The predicted octanol–water partition coefficient (Wildman–Crippen LogP) is 6.00. The third-order valence-corrected chi connectivity index (χ3v) is 5.37. The van der Waals surface area contributed by atoms with Gasteiger partial charge in [0.25, 0.3) is 0 Å². The van der Waals surface area contributed by atoms with Gasteiger partial charge in [-0.05, 0) is 0 Å². The first-order valence-electron chi connectivity index (χ1n) is 8.21. The predicted molar refractivity (Wildman–Crippen MR) is 80.0 cm³/mol. The lowest BCUT2D eigenvalue weighted by Crippen LogP contribution is -1.90. The summed E-state index contributed by atoms with van der Waals surface area (Å²) in [4.78, 5) is 0. The zero-order chi connectivity index (χ0) is 12.0. The van der Waals surface area contributed by atoms with Gasteiger partial charge in [0.15, 0.2) is 0 Å². The average molecular weight is 253 g/mol. The van der Waals surface area contributed by atoms with Crippen molar-refractivity contribution in [3.63, 3.8) is 0 Å². The Morgan fingerprint density at radius 3 is 0.824 bits per heavy atom. The van der Waals surface area contributed by atoms with Gasteiger partial charge in [-0.25, -0.2) is 0 Å². The van der Waals surface area contributed by atoms with E-state index in [1.807, 2.05) is 0 Å². The Balaban J connectivity index is 2.01. The zero-order valence-electron chi connectivity index (χ0n) is 11.8. The van der Waals surface area contributed by atoms with E-state index >= 15 is 0 Å². The van der Waals surface area contributed by atoms with Crippen molar-refractivity contribution in [1.82, 2.24) is 0 Å². The minimum atomic E-state index is 1.27. The van der Waals surface area contributed by atoms with E-state index in [0.717, 1.165) is 0 Å². The lowest BCUT2D eigenvalue weighted by Gasteiger charge is -2.02. The highest BCUT2D eigenvalue weighted by atomic mass is 28.2. The minimum Gasteiger partial charge on any atom is -0.0612 e. The van der Waals surface area contributed by atoms with Crippen LogP contribution in [-0.2, 0) is 0 Å². The SMILES string of the molecule is C1CCCCCCCC[Si]CCCCCCC1. The largest absolute Gasteiger partial charge is 0.0612 e. The van der Waals surface area contributed by atoms with E-state index in [4.69, 9.17) is 0 Å². The smallest absolute Gasteiger partial charge is 0.0378 e. The molecule has 2 radical (unpaired) electrons. The second-order valence-electron chi connectivity index (χ2n) is 5.70. The van der Waals surface area contributed by atoms with Crippen LogP contribution < -0.4 is 0 Å². The van der Waals surface area contributed by atoms with E-state index in [2.05, 4.69) is 0 Å². The zero-order valence-corrected chi connectivity index (χ0v) is 12.8. The van der Waals surface area contributed by atoms with Crippen LogP contribution in [0.5, 0.6) is 0 Å². The maximum atomic E-state index is 1.53. The van der Waals surface area contributed by atoms with Crippen LogP contribution in [0.2, 0.25) is 12.1 Å². The molecule has 1 heterocycles. The number of hydrogen-bond acceptors (Lipinski definition) is 0. The molecule has 0 aromatic carbocycles. The molecule has 1 aliphatic heterocycles. The van der Waals surface area contributed by atoms with Gasteiger partial charge in [0.05, 0.1) is 0 Å². The highest BCUT2D eigenvalue weighted by molar-refractivity contribution is 6.35. The van der Waals surface area contributed by atoms with Crippen molar-refractivity contribution >= 4 is 9.52 Å². The molecule has 0 nitrogen and oxygen atoms in total. The summed E-state index contributed by atoms with van der Waals surface area (Å²) in [6.07, 6.45) is 21.1. The van der Waals surface area contributed by atoms with Crippen LogP contribution in [0.25, 0.3) is 0 Å². The van der Waals surface area contributed by atoms with Crippen LogP contribution in [0.15, 0.2) is 0 Å². The van der Waals surface area contributed by atoms with Crippen LogP contribution in [0.4, 0.5) is 0 Å². The Hall–Kier alpha value is 0.217. The summed E-state index contributed by atoms with van der Waals surface area (Å²) < 4.78 is 0. The Morgan fingerprint density at radius 2 is 0.529 bits per heavy atom. The van der Waals surface area contributed by atoms with Crippen molar-refractivity contribution in [1.29, 1.82) is 0 Å². The highest BCUT2D eigenvalue weighted by Gasteiger charge is 1.97. The number of rotatable bonds is 0. The van der Waals surface area contributed by atoms with Gasteiger partial charge in [0, 0.05) is 9.52 Å². The summed E-state index contributed by atoms with van der Waals surface area (Å²) >= 11 is 0. The van der Waals surface area contributed by atoms with E-state index in [1.165, 1.54) is 111 Å². The minimum absolute atomic E-state index is 1.27. The molecule has 0 aliphatic carbocycles. The van der Waals surface area contributed by atoms with E-state index < -0.39 is 0 Å². The Kier molecular flexibility index (Phi) is 11.4. The normalized spacial score (nSPS) is 24.0. The van der Waals surface area contributed by atoms with Crippen molar-refractivity contribution in [3.8, 4) is 0 Å². The molecule has 100 valence electrons. The first-order chi connectivity index (χ1) is 8.50. The molecule has 0 aromatic rings. The van der Waals surface area contributed by atoms with Crippen LogP contribution in [0, 0.1) is 0 Å². The summed E-state index contributed by atoms with van der Waals surface area (Å²) in [5, 5.41) is 0. The molecule has 0 unspecified atom stereocenters. The first-order valence-corrected chi connectivity index (χ1v) is 9.62. The van der Waals surface area contributed by atoms with Crippen molar-refractivity contribution < 1.29 is 0 Å². The molecular formula is C16H32Si. The summed E-state index contributed by atoms with van der Waals surface area (Å²) in [5.74, 6) is 0. The van der Waals surface area contributed by atoms with Gasteiger partial charge in [-0.15, -0.1) is 0 Å². The summed E-state index contributed by atoms with van der Waals surface area (Å²) in [6, 6.07) is 3.06. The fraction of sp³-hybridized carbons (Fsp3) is 1.00. The summed E-state index contributed by atoms with van der Waals surface area (Å²) in [7, 11) is 1.27. The van der Waals surface area contributed by atoms with Crippen LogP contribution in [0.1, 0.15) is 89.9 Å². The number of hydrogen-bond donors (Lipinski definition) is 0. The van der Waals surface area contributed by atoms with Crippen molar-refractivity contribution in [2.75, 3.05) is 0 Å². The van der Waals surface area contributed by atoms with E-state index in [9.17, 15) is 0 Å². The Morgan fingerprint density at radius 1 is 0.294 bits per heavy atom. The van der Waals surface area contributed by atoms with Crippen molar-refractivity contribution in [2.45, 2.75) is 102 Å². The van der Waals surface area contributed by atoms with E-state index in [0.29, 0.717) is 0 Å². The molecule has 0 amide bonds. The van der Waals surface area contributed by atoms with E-state index in [1.54, 1.807) is 0 Å². The van der Waals surface area contributed by atoms with Gasteiger partial charge in [-0.3, -0.25) is 0 Å². The van der Waals surface area contributed by atoms with E-state index in [-0.39, 0.29) is 0 Å². The molecule has 1 rings (SSSR count). The molecule has 0 atom stereocenters. The van der Waals surface area contributed by atoms with Crippen molar-refractivity contribution in [3.05, 3.63) is 0 Å². The van der Waals surface area contributed by atoms with Gasteiger partial charge in [-0.1, -0.05) is 102 Å².